The van der Waals surface area contributed by atoms with Crippen LogP contribution in [-0.4, -0.2) is 61.1 Å². The number of likely N-dealkylation sites (tertiary alicyclic amines) is 1. The van der Waals surface area contributed by atoms with Gasteiger partial charge in [0, 0.05) is 30.5 Å². The van der Waals surface area contributed by atoms with Crippen molar-refractivity contribution >= 4 is 16.7 Å². The third-order valence-electron chi connectivity index (χ3n) is 6.64. The van der Waals surface area contributed by atoms with Gasteiger partial charge in [-0.25, -0.2) is 0 Å². The van der Waals surface area contributed by atoms with Gasteiger partial charge in [0.25, 0.3) is 5.91 Å². The number of carbonyl (C=O) groups is 1. The molecule has 2 aromatic rings. The molecule has 2 bridgehead atoms. The van der Waals surface area contributed by atoms with Crippen LogP contribution < -0.4 is 0 Å². The van der Waals surface area contributed by atoms with Gasteiger partial charge in [-0.1, -0.05) is 30.3 Å². The van der Waals surface area contributed by atoms with Gasteiger partial charge in [0.05, 0.1) is 18.2 Å². The minimum absolute atomic E-state index is 0.0855. The summed E-state index contributed by atoms with van der Waals surface area (Å²) in [6.45, 7) is 2.64. The van der Waals surface area contributed by atoms with Gasteiger partial charge in [0.1, 0.15) is 0 Å². The van der Waals surface area contributed by atoms with Gasteiger partial charge in [0.2, 0.25) is 0 Å². The molecule has 3 heterocycles. The number of fused-ring (bicyclic) bond motifs is 2. The van der Waals surface area contributed by atoms with E-state index in [4.69, 9.17) is 4.74 Å². The van der Waals surface area contributed by atoms with Crippen molar-refractivity contribution in [3.63, 3.8) is 0 Å². The van der Waals surface area contributed by atoms with E-state index in [1.165, 1.54) is 5.39 Å². The summed E-state index contributed by atoms with van der Waals surface area (Å²) < 4.78 is 6.46. The first-order valence-electron chi connectivity index (χ1n) is 9.66. The number of nitrogens with zero attached hydrogens (tertiary/aromatic N) is 2. The molecule has 0 unspecified atom stereocenters. The Morgan fingerprint density at radius 1 is 1.23 bits per heavy atom. The van der Waals surface area contributed by atoms with Crippen LogP contribution in [0.3, 0.4) is 0 Å². The molecule has 26 heavy (non-hydrogen) atoms. The van der Waals surface area contributed by atoms with E-state index >= 15 is 0 Å². The first-order valence-corrected chi connectivity index (χ1v) is 9.66. The maximum Gasteiger partial charge on any atom is 0.253 e. The summed E-state index contributed by atoms with van der Waals surface area (Å²) in [6, 6.07) is 14.2. The lowest BCUT2D eigenvalue weighted by Gasteiger charge is -2.30. The Labute approximate surface area is 154 Å². The van der Waals surface area contributed by atoms with Gasteiger partial charge in [-0.15, -0.1) is 0 Å². The number of amides is 1. The molecule has 0 radical (unpaired) electrons. The molecule has 3 saturated heterocycles. The van der Waals surface area contributed by atoms with E-state index in [0.29, 0.717) is 17.9 Å². The summed E-state index contributed by atoms with van der Waals surface area (Å²) in [7, 11) is 4.26. The van der Waals surface area contributed by atoms with Crippen molar-refractivity contribution in [2.45, 2.75) is 24.5 Å². The molecule has 4 nitrogen and oxygen atoms in total. The summed E-state index contributed by atoms with van der Waals surface area (Å²) in [5.74, 6) is 1.18. The zero-order valence-electron chi connectivity index (χ0n) is 15.5. The monoisotopic (exact) mass is 350 g/mol. The fraction of sp³-hybridized carbons (Fsp3) is 0.500. The molecule has 4 heteroatoms. The molecule has 4 atom stereocenters. The largest absolute Gasteiger partial charge is 0.369 e. The summed E-state index contributed by atoms with van der Waals surface area (Å²) in [6.07, 6.45) is 2.64. The lowest BCUT2D eigenvalue weighted by Crippen LogP contribution is -2.40. The second-order valence-electron chi connectivity index (χ2n) is 8.54. The smallest absolute Gasteiger partial charge is 0.253 e. The predicted octanol–water partition coefficient (Wildman–Crippen LogP) is 3.02. The Bertz CT molecular complexity index is 864. The highest BCUT2D eigenvalue weighted by atomic mass is 16.5. The van der Waals surface area contributed by atoms with Gasteiger partial charge in [-0.2, -0.15) is 0 Å². The maximum absolute atomic E-state index is 13.2. The summed E-state index contributed by atoms with van der Waals surface area (Å²) in [5.41, 5.74) is 0.705. The van der Waals surface area contributed by atoms with Crippen molar-refractivity contribution in [1.29, 1.82) is 0 Å². The van der Waals surface area contributed by atoms with Crippen LogP contribution in [0, 0.1) is 11.8 Å². The Morgan fingerprint density at radius 2 is 2.04 bits per heavy atom. The fourth-order valence-electron chi connectivity index (χ4n) is 5.52. The standard InChI is InChI=1S/C22H26N2O2/c1-23(2)12-18-19-13-24(14-22(19)10-9-20(18)26-22)21(25)17-8-7-15-5-3-4-6-16(15)11-17/h3-8,11,18-20H,9-10,12-14H2,1-2H3/t18-,19+,20+,22+/m0/s1. The van der Waals surface area contributed by atoms with E-state index in [0.717, 1.165) is 43.4 Å². The summed E-state index contributed by atoms with van der Waals surface area (Å²) >= 11 is 0. The molecule has 1 spiro atoms. The third-order valence-corrected chi connectivity index (χ3v) is 6.64. The second kappa shape index (κ2) is 5.80. The van der Waals surface area contributed by atoms with Crippen LogP contribution in [0.4, 0.5) is 0 Å². The SMILES string of the molecule is CN(C)C[C@H]1[C@H]2CN(C(=O)c3ccc4ccccc4c3)C[C@]23CC[C@H]1O3. The van der Waals surface area contributed by atoms with Crippen LogP contribution in [0.2, 0.25) is 0 Å². The highest BCUT2D eigenvalue weighted by Crippen LogP contribution is 2.55. The van der Waals surface area contributed by atoms with Crippen molar-refractivity contribution < 1.29 is 9.53 Å². The lowest BCUT2D eigenvalue weighted by molar-refractivity contribution is 0.00256. The first kappa shape index (κ1) is 16.3. The molecule has 1 amide bonds. The Kier molecular flexibility index (Phi) is 3.63. The van der Waals surface area contributed by atoms with Crippen LogP contribution in [0.15, 0.2) is 42.5 Å². The zero-order chi connectivity index (χ0) is 17.9. The molecule has 0 aromatic heterocycles. The Morgan fingerprint density at radius 3 is 2.85 bits per heavy atom. The second-order valence-corrected chi connectivity index (χ2v) is 8.54. The minimum atomic E-state index is -0.0855. The molecule has 3 aliphatic heterocycles. The quantitative estimate of drug-likeness (QED) is 0.853. The minimum Gasteiger partial charge on any atom is -0.369 e. The van der Waals surface area contributed by atoms with E-state index in [1.807, 2.05) is 29.2 Å². The zero-order valence-corrected chi connectivity index (χ0v) is 15.5. The topological polar surface area (TPSA) is 32.8 Å². The molecule has 136 valence electrons. The van der Waals surface area contributed by atoms with Gasteiger partial charge in [0.15, 0.2) is 0 Å². The van der Waals surface area contributed by atoms with Gasteiger partial charge >= 0.3 is 0 Å². The van der Waals surface area contributed by atoms with Gasteiger partial charge < -0.3 is 14.5 Å². The van der Waals surface area contributed by atoms with Crippen molar-refractivity contribution in [2.24, 2.45) is 11.8 Å². The van der Waals surface area contributed by atoms with Gasteiger partial charge in [-0.05, 0) is 49.8 Å². The molecule has 5 rings (SSSR count). The van der Waals surface area contributed by atoms with E-state index in [2.05, 4.69) is 37.2 Å². The average molecular weight is 350 g/mol. The summed E-state index contributed by atoms with van der Waals surface area (Å²) in [5, 5.41) is 2.30. The van der Waals surface area contributed by atoms with Crippen molar-refractivity contribution in [3.05, 3.63) is 48.0 Å². The first-order chi connectivity index (χ1) is 12.6. The number of rotatable bonds is 3. The van der Waals surface area contributed by atoms with Crippen molar-refractivity contribution in [1.82, 2.24) is 9.80 Å². The Balaban J connectivity index is 1.40. The molecule has 0 N–H and O–H groups in total. The molecular formula is C22H26N2O2. The number of ether oxygens (including phenoxy) is 1. The van der Waals surface area contributed by atoms with Crippen LogP contribution in [-0.2, 0) is 4.74 Å². The number of hydrogen-bond donors (Lipinski definition) is 0. The number of hydrogen-bond acceptors (Lipinski definition) is 3. The van der Waals surface area contributed by atoms with Crippen LogP contribution in [0.1, 0.15) is 23.2 Å². The predicted molar refractivity (Wildman–Crippen MR) is 102 cm³/mol. The van der Waals surface area contributed by atoms with Crippen LogP contribution >= 0.6 is 0 Å². The average Bonchev–Trinajstić information content (AvgIpc) is 3.30. The Hall–Kier alpha value is -1.91. The number of carbonyl (C=O) groups excluding carboxylic acids is 1. The molecule has 0 saturated carbocycles. The molecular weight excluding hydrogens is 324 g/mol. The summed E-state index contributed by atoms with van der Waals surface area (Å²) in [4.78, 5) is 17.5. The van der Waals surface area contributed by atoms with Crippen molar-refractivity contribution in [2.75, 3.05) is 33.7 Å². The maximum atomic E-state index is 13.2. The van der Waals surface area contributed by atoms with E-state index in [9.17, 15) is 4.79 Å². The molecule has 0 aliphatic carbocycles. The highest BCUT2D eigenvalue weighted by molar-refractivity contribution is 5.98. The third kappa shape index (κ3) is 2.39. The van der Waals surface area contributed by atoms with E-state index in [-0.39, 0.29) is 11.5 Å². The lowest BCUT2D eigenvalue weighted by atomic mass is 9.73. The van der Waals surface area contributed by atoms with Crippen LogP contribution in [0.5, 0.6) is 0 Å². The fourth-order valence-corrected chi connectivity index (χ4v) is 5.52. The van der Waals surface area contributed by atoms with Crippen molar-refractivity contribution in [3.8, 4) is 0 Å². The normalized spacial score (nSPS) is 32.6. The highest BCUT2D eigenvalue weighted by Gasteiger charge is 2.63. The van der Waals surface area contributed by atoms with Gasteiger partial charge in [-0.3, -0.25) is 4.79 Å². The van der Waals surface area contributed by atoms with Crippen LogP contribution in [0.25, 0.3) is 10.8 Å². The molecule has 3 fully saturated rings. The number of benzene rings is 2. The van der Waals surface area contributed by atoms with E-state index < -0.39 is 0 Å². The molecule has 3 aliphatic rings. The van der Waals surface area contributed by atoms with E-state index in [1.54, 1.807) is 0 Å². The molecule has 2 aromatic carbocycles.